The van der Waals surface area contributed by atoms with E-state index in [1.807, 2.05) is 19.1 Å². The fraction of sp³-hybridized carbons (Fsp3) is 0.421. The summed E-state index contributed by atoms with van der Waals surface area (Å²) < 4.78 is 5.71. The van der Waals surface area contributed by atoms with Crippen molar-refractivity contribution in [3.05, 3.63) is 53.5 Å². The number of pyridine rings is 2. The Bertz CT molecular complexity index is 679. The highest BCUT2D eigenvalue weighted by Crippen LogP contribution is 2.18. The van der Waals surface area contributed by atoms with Gasteiger partial charge in [-0.3, -0.25) is 9.78 Å². The third-order valence-corrected chi connectivity index (χ3v) is 3.58. The highest BCUT2D eigenvalue weighted by atomic mass is 16.5. The van der Waals surface area contributed by atoms with Crippen LogP contribution in [-0.2, 0) is 6.61 Å². The SMILES string of the molecule is Cc1cc(C(=O)NCCC(C)(C)C)cnc1OCc1ccncc1. The molecule has 0 saturated heterocycles. The molecule has 0 aliphatic carbocycles. The molecule has 0 saturated carbocycles. The second kappa shape index (κ2) is 7.90. The summed E-state index contributed by atoms with van der Waals surface area (Å²) in [5, 5.41) is 2.93. The molecule has 0 radical (unpaired) electrons. The second-order valence-electron chi connectivity index (χ2n) is 7.06. The maximum Gasteiger partial charge on any atom is 0.252 e. The average molecular weight is 327 g/mol. The van der Waals surface area contributed by atoms with Crippen molar-refractivity contribution in [1.82, 2.24) is 15.3 Å². The number of carbonyl (C=O) groups is 1. The van der Waals surface area contributed by atoms with Crippen LogP contribution in [-0.4, -0.2) is 22.4 Å². The highest BCUT2D eigenvalue weighted by molar-refractivity contribution is 5.94. The standard InChI is InChI=1S/C19H25N3O2/c1-14-11-16(17(23)21-10-7-19(2,3)4)12-22-18(14)24-13-15-5-8-20-9-6-15/h5-6,8-9,11-12H,7,10,13H2,1-4H3,(H,21,23). The van der Waals surface area contributed by atoms with E-state index in [0.717, 1.165) is 17.5 Å². The lowest BCUT2D eigenvalue weighted by Gasteiger charge is -2.18. The van der Waals surface area contributed by atoms with E-state index in [-0.39, 0.29) is 11.3 Å². The van der Waals surface area contributed by atoms with E-state index in [4.69, 9.17) is 4.74 Å². The summed E-state index contributed by atoms with van der Waals surface area (Å²) in [6, 6.07) is 5.60. The minimum atomic E-state index is -0.101. The predicted molar refractivity (Wildman–Crippen MR) is 93.9 cm³/mol. The fourth-order valence-corrected chi connectivity index (χ4v) is 2.12. The largest absolute Gasteiger partial charge is 0.473 e. The summed E-state index contributed by atoms with van der Waals surface area (Å²) in [5.41, 5.74) is 2.62. The fourth-order valence-electron chi connectivity index (χ4n) is 2.12. The molecule has 0 bridgehead atoms. The molecular formula is C19H25N3O2. The van der Waals surface area contributed by atoms with E-state index in [2.05, 4.69) is 36.1 Å². The zero-order valence-electron chi connectivity index (χ0n) is 14.8. The molecule has 0 aromatic carbocycles. The Balaban J connectivity index is 1.92. The van der Waals surface area contributed by atoms with Gasteiger partial charge in [0.15, 0.2) is 0 Å². The van der Waals surface area contributed by atoms with Crippen molar-refractivity contribution in [2.24, 2.45) is 5.41 Å². The summed E-state index contributed by atoms with van der Waals surface area (Å²) in [6.07, 6.45) is 5.94. The minimum absolute atomic E-state index is 0.101. The maximum absolute atomic E-state index is 12.2. The van der Waals surface area contributed by atoms with Gasteiger partial charge in [-0.15, -0.1) is 0 Å². The van der Waals surface area contributed by atoms with Gasteiger partial charge >= 0.3 is 0 Å². The molecule has 1 N–H and O–H groups in total. The van der Waals surface area contributed by atoms with Gasteiger partial charge in [0.2, 0.25) is 5.88 Å². The number of aryl methyl sites for hydroxylation is 1. The van der Waals surface area contributed by atoms with Crippen molar-refractivity contribution in [3.8, 4) is 5.88 Å². The normalized spacial score (nSPS) is 11.2. The summed E-state index contributed by atoms with van der Waals surface area (Å²) in [4.78, 5) is 20.4. The molecule has 1 amide bonds. The van der Waals surface area contributed by atoms with Crippen LogP contribution in [0, 0.1) is 12.3 Å². The lowest BCUT2D eigenvalue weighted by atomic mass is 9.92. The van der Waals surface area contributed by atoms with Crippen molar-refractivity contribution in [2.75, 3.05) is 6.54 Å². The number of carbonyl (C=O) groups excluding carboxylic acids is 1. The maximum atomic E-state index is 12.2. The van der Waals surface area contributed by atoms with Crippen LogP contribution >= 0.6 is 0 Å². The monoisotopic (exact) mass is 327 g/mol. The van der Waals surface area contributed by atoms with Crippen molar-refractivity contribution in [3.63, 3.8) is 0 Å². The van der Waals surface area contributed by atoms with Crippen molar-refractivity contribution in [2.45, 2.75) is 40.7 Å². The Morgan fingerprint density at radius 3 is 2.58 bits per heavy atom. The molecule has 0 fully saturated rings. The predicted octanol–water partition coefficient (Wildman–Crippen LogP) is 3.53. The van der Waals surface area contributed by atoms with Crippen LogP contribution in [0.1, 0.15) is 48.7 Å². The molecule has 0 aliphatic rings. The Morgan fingerprint density at radius 1 is 1.25 bits per heavy atom. The zero-order chi connectivity index (χ0) is 17.6. The number of nitrogens with zero attached hydrogens (tertiary/aromatic N) is 2. The van der Waals surface area contributed by atoms with Crippen LogP contribution in [0.15, 0.2) is 36.8 Å². The van der Waals surface area contributed by atoms with Gasteiger partial charge in [0.1, 0.15) is 6.61 Å². The number of amides is 1. The van der Waals surface area contributed by atoms with Crippen molar-refractivity contribution < 1.29 is 9.53 Å². The minimum Gasteiger partial charge on any atom is -0.473 e. The molecule has 0 spiro atoms. The molecular weight excluding hydrogens is 302 g/mol. The molecule has 2 aromatic heterocycles. The van der Waals surface area contributed by atoms with Gasteiger partial charge in [0.25, 0.3) is 5.91 Å². The summed E-state index contributed by atoms with van der Waals surface area (Å²) in [5.74, 6) is 0.439. The Labute approximate surface area is 143 Å². The topological polar surface area (TPSA) is 64.1 Å². The van der Waals surface area contributed by atoms with Gasteiger partial charge in [-0.2, -0.15) is 0 Å². The number of ether oxygens (including phenoxy) is 1. The molecule has 0 atom stereocenters. The third-order valence-electron chi connectivity index (χ3n) is 3.58. The van der Waals surface area contributed by atoms with Crippen LogP contribution in [0.5, 0.6) is 5.88 Å². The van der Waals surface area contributed by atoms with Crippen molar-refractivity contribution >= 4 is 5.91 Å². The van der Waals surface area contributed by atoms with Crippen LogP contribution in [0.3, 0.4) is 0 Å². The Hall–Kier alpha value is -2.43. The molecule has 2 heterocycles. The lowest BCUT2D eigenvalue weighted by molar-refractivity contribution is 0.0949. The van der Waals surface area contributed by atoms with Crippen LogP contribution in [0.4, 0.5) is 0 Å². The second-order valence-corrected chi connectivity index (χ2v) is 7.06. The van der Waals surface area contributed by atoms with E-state index in [9.17, 15) is 4.79 Å². The molecule has 0 unspecified atom stereocenters. The van der Waals surface area contributed by atoms with E-state index in [1.54, 1.807) is 24.7 Å². The molecule has 2 aromatic rings. The highest BCUT2D eigenvalue weighted by Gasteiger charge is 2.13. The summed E-state index contributed by atoms with van der Waals surface area (Å²) in [7, 11) is 0. The Morgan fingerprint density at radius 2 is 1.96 bits per heavy atom. The number of nitrogens with one attached hydrogen (secondary N) is 1. The number of hydrogen-bond donors (Lipinski definition) is 1. The summed E-state index contributed by atoms with van der Waals surface area (Å²) in [6.45, 7) is 9.43. The van der Waals surface area contributed by atoms with Gasteiger partial charge < -0.3 is 10.1 Å². The van der Waals surface area contributed by atoms with E-state index in [1.165, 1.54) is 0 Å². The average Bonchev–Trinajstić information content (AvgIpc) is 2.53. The Kier molecular flexibility index (Phi) is 5.90. The molecule has 2 rings (SSSR count). The first-order valence-electron chi connectivity index (χ1n) is 8.12. The molecule has 5 heteroatoms. The first-order valence-corrected chi connectivity index (χ1v) is 8.12. The summed E-state index contributed by atoms with van der Waals surface area (Å²) >= 11 is 0. The van der Waals surface area contributed by atoms with E-state index >= 15 is 0 Å². The molecule has 128 valence electrons. The first-order chi connectivity index (χ1) is 11.3. The van der Waals surface area contributed by atoms with Crippen LogP contribution < -0.4 is 10.1 Å². The van der Waals surface area contributed by atoms with Gasteiger partial charge in [-0.1, -0.05) is 20.8 Å². The first kappa shape index (κ1) is 17.9. The van der Waals surface area contributed by atoms with E-state index < -0.39 is 0 Å². The quantitative estimate of drug-likeness (QED) is 0.881. The van der Waals surface area contributed by atoms with Gasteiger partial charge in [-0.25, -0.2) is 4.98 Å². The lowest BCUT2D eigenvalue weighted by Crippen LogP contribution is -2.27. The molecule has 5 nitrogen and oxygen atoms in total. The smallest absolute Gasteiger partial charge is 0.252 e. The molecule has 0 aliphatic heterocycles. The van der Waals surface area contributed by atoms with Crippen LogP contribution in [0.2, 0.25) is 0 Å². The molecule has 24 heavy (non-hydrogen) atoms. The van der Waals surface area contributed by atoms with Crippen molar-refractivity contribution in [1.29, 1.82) is 0 Å². The third kappa shape index (κ3) is 5.65. The van der Waals surface area contributed by atoms with Gasteiger partial charge in [0.05, 0.1) is 5.56 Å². The van der Waals surface area contributed by atoms with E-state index in [0.29, 0.717) is 24.6 Å². The zero-order valence-corrected chi connectivity index (χ0v) is 14.8. The number of hydrogen-bond acceptors (Lipinski definition) is 4. The van der Waals surface area contributed by atoms with Gasteiger partial charge in [-0.05, 0) is 42.5 Å². The number of rotatable bonds is 6. The van der Waals surface area contributed by atoms with Crippen LogP contribution in [0.25, 0.3) is 0 Å². The van der Waals surface area contributed by atoms with Gasteiger partial charge in [0, 0.05) is 30.7 Å². The number of aromatic nitrogens is 2.